The van der Waals surface area contributed by atoms with Crippen LogP contribution in [0.4, 0.5) is 19.3 Å². The van der Waals surface area contributed by atoms with E-state index in [0.29, 0.717) is 53.6 Å². The summed E-state index contributed by atoms with van der Waals surface area (Å²) >= 11 is 7.81. The summed E-state index contributed by atoms with van der Waals surface area (Å²) in [5, 5.41) is 14.7. The lowest BCUT2D eigenvalue weighted by Gasteiger charge is -2.38. The van der Waals surface area contributed by atoms with E-state index >= 15 is 4.39 Å². The summed E-state index contributed by atoms with van der Waals surface area (Å²) in [6.07, 6.45) is 2.42. The number of benzene rings is 2. The van der Waals surface area contributed by atoms with Gasteiger partial charge in [0.1, 0.15) is 17.7 Å². The number of thiazole rings is 1. The quantitative estimate of drug-likeness (QED) is 0.213. The number of rotatable bonds is 9. The van der Waals surface area contributed by atoms with Crippen molar-refractivity contribution in [2.45, 2.75) is 24.9 Å². The first-order chi connectivity index (χ1) is 24.1. The normalized spacial score (nSPS) is 19.2. The number of aliphatic carboxylic acids is 1. The van der Waals surface area contributed by atoms with E-state index in [1.807, 2.05) is 0 Å². The molecule has 0 spiro atoms. The summed E-state index contributed by atoms with van der Waals surface area (Å²) < 4.78 is 60.1. The van der Waals surface area contributed by atoms with Crippen LogP contribution in [-0.4, -0.2) is 109 Å². The predicted octanol–water partition coefficient (Wildman–Crippen LogP) is 3.74. The number of amides is 2. The fraction of sp³-hybridized carbons (Fsp3) is 0.344. The molecular formula is C32H33ClF2N6O8S2. The van der Waals surface area contributed by atoms with Crippen molar-refractivity contribution in [3.05, 3.63) is 92.0 Å². The zero-order valence-corrected chi connectivity index (χ0v) is 29.6. The highest BCUT2D eigenvalue weighted by atomic mass is 35.5. The maximum absolute atomic E-state index is 15.1. The van der Waals surface area contributed by atoms with Gasteiger partial charge in [0.05, 0.1) is 30.7 Å². The number of aromatic nitrogens is 1. The standard InChI is InChI=1S/C31H29ClF2N6O5S.CH4O3S/c1-45-30(43)26-23(36-28(29-35-8-11-46-29)37-27(26)20-5-4-18(33)13-21(20)32)16-38-9-10-39-19(14-38)15-40(31(39)44)24-6-2-17(12-22(24)34)3-7-25(41)42;1-5(2,3)4/h2,4-6,8,11-13,19,27H,3,7,9-10,14-16H2,1H3,(H,36,37)(H,41,42);1H3,(H,2,3,4). The number of nitrogens with zero attached hydrogens (tertiary/aromatic N) is 5. The second-order valence-corrected chi connectivity index (χ2v) is 14.5. The molecule has 2 aromatic carbocycles. The minimum absolute atomic E-state index is 0.107. The van der Waals surface area contributed by atoms with Gasteiger partial charge in [0.25, 0.3) is 10.1 Å². The van der Waals surface area contributed by atoms with Crippen LogP contribution in [0.3, 0.4) is 0 Å². The van der Waals surface area contributed by atoms with Crippen molar-refractivity contribution in [2.75, 3.05) is 51.0 Å². The van der Waals surface area contributed by atoms with Gasteiger partial charge in [-0.05, 0) is 36.2 Å². The highest BCUT2D eigenvalue weighted by molar-refractivity contribution is 7.85. The average Bonchev–Trinajstić information content (AvgIpc) is 3.71. The van der Waals surface area contributed by atoms with Gasteiger partial charge in [0.15, 0.2) is 10.8 Å². The van der Waals surface area contributed by atoms with Crippen LogP contribution >= 0.6 is 22.9 Å². The number of halogens is 3. The number of urea groups is 1. The molecule has 3 aliphatic rings. The minimum atomic E-state index is -3.67. The Morgan fingerprint density at radius 3 is 2.53 bits per heavy atom. The summed E-state index contributed by atoms with van der Waals surface area (Å²) in [6, 6.07) is 6.87. The van der Waals surface area contributed by atoms with E-state index in [1.54, 1.807) is 22.5 Å². The van der Waals surface area contributed by atoms with Gasteiger partial charge in [-0.2, -0.15) is 8.42 Å². The number of anilines is 1. The maximum Gasteiger partial charge on any atom is 0.338 e. The fourth-order valence-electron chi connectivity index (χ4n) is 5.98. The van der Waals surface area contributed by atoms with Crippen LogP contribution in [0.2, 0.25) is 5.02 Å². The first-order valence-corrected chi connectivity index (χ1v) is 18.5. The van der Waals surface area contributed by atoms with Crippen LogP contribution in [-0.2, 0) is 30.9 Å². The number of ether oxygens (including phenoxy) is 1. The molecule has 1 aromatic heterocycles. The Bertz CT molecular complexity index is 1990. The molecule has 2 atom stereocenters. The fourth-order valence-corrected chi connectivity index (χ4v) is 6.84. The van der Waals surface area contributed by atoms with Gasteiger partial charge < -0.3 is 20.1 Å². The number of esters is 1. The van der Waals surface area contributed by atoms with Crippen molar-refractivity contribution in [3.63, 3.8) is 0 Å². The van der Waals surface area contributed by atoms with Gasteiger partial charge in [-0.25, -0.2) is 23.4 Å². The molecular weight excluding hydrogens is 734 g/mol. The topological polar surface area (TPSA) is 182 Å². The van der Waals surface area contributed by atoms with E-state index in [4.69, 9.17) is 31.0 Å². The van der Waals surface area contributed by atoms with Gasteiger partial charge in [-0.15, -0.1) is 11.3 Å². The number of carboxylic acid groups (broad SMARTS) is 1. The van der Waals surface area contributed by atoms with Crippen LogP contribution in [0.15, 0.2) is 64.2 Å². The van der Waals surface area contributed by atoms with Gasteiger partial charge >= 0.3 is 18.0 Å². The van der Waals surface area contributed by atoms with Crippen LogP contribution in [0, 0.1) is 11.6 Å². The second-order valence-electron chi connectivity index (χ2n) is 11.8. The number of aryl methyl sites for hydroxylation is 1. The van der Waals surface area contributed by atoms with Crippen molar-refractivity contribution in [1.29, 1.82) is 0 Å². The Labute approximate surface area is 300 Å². The smallest absolute Gasteiger partial charge is 0.338 e. The summed E-state index contributed by atoms with van der Waals surface area (Å²) in [4.78, 5) is 51.9. The number of carboxylic acids is 1. The number of nitrogens with one attached hydrogen (secondary N) is 1. The number of fused-ring (bicyclic) bond motifs is 1. The van der Waals surface area contributed by atoms with Crippen molar-refractivity contribution >= 4 is 62.5 Å². The molecule has 51 heavy (non-hydrogen) atoms. The molecule has 2 unspecified atom stereocenters. The highest BCUT2D eigenvalue weighted by Crippen LogP contribution is 2.37. The SMILES string of the molecule is COC(=O)C1=C(CN2CCN3C(=O)N(c4ccc(CCC(=O)O)cc4F)CC3C2)NC(c2nccs2)=NC1c1ccc(F)cc1Cl.CS(=O)(=O)O. The summed E-state index contributed by atoms with van der Waals surface area (Å²) in [5.74, 6) is -2.29. The van der Waals surface area contributed by atoms with Crippen LogP contribution in [0.1, 0.15) is 28.6 Å². The lowest BCUT2D eigenvalue weighted by atomic mass is 9.95. The summed E-state index contributed by atoms with van der Waals surface area (Å²) in [5.41, 5.74) is 1.82. The Balaban J connectivity index is 0.000000943. The molecule has 2 amide bonds. The van der Waals surface area contributed by atoms with E-state index in [1.165, 1.54) is 53.7 Å². The molecule has 3 aromatic rings. The molecule has 0 saturated carbocycles. The summed E-state index contributed by atoms with van der Waals surface area (Å²) in [7, 11) is -2.40. The third-order valence-electron chi connectivity index (χ3n) is 8.17. The lowest BCUT2D eigenvalue weighted by molar-refractivity contribution is -0.137. The van der Waals surface area contributed by atoms with Crippen molar-refractivity contribution in [2.24, 2.45) is 4.99 Å². The lowest BCUT2D eigenvalue weighted by Crippen LogP contribution is -2.53. The molecule has 4 heterocycles. The average molecular weight is 767 g/mol. The van der Waals surface area contributed by atoms with E-state index in [2.05, 4.69) is 15.2 Å². The molecule has 0 radical (unpaired) electrons. The van der Waals surface area contributed by atoms with E-state index in [9.17, 15) is 27.2 Å². The zero-order chi connectivity index (χ0) is 37.0. The Kier molecular flexibility index (Phi) is 11.7. The van der Waals surface area contributed by atoms with Crippen LogP contribution in [0.25, 0.3) is 0 Å². The Morgan fingerprint density at radius 1 is 1.16 bits per heavy atom. The van der Waals surface area contributed by atoms with Crippen LogP contribution < -0.4 is 10.2 Å². The second kappa shape index (κ2) is 15.8. The number of hydrogen-bond donors (Lipinski definition) is 3. The number of hydrogen-bond acceptors (Lipinski definition) is 11. The monoisotopic (exact) mass is 766 g/mol. The molecule has 3 aliphatic heterocycles. The molecule has 0 aliphatic carbocycles. The third-order valence-corrected chi connectivity index (χ3v) is 9.28. The van der Waals surface area contributed by atoms with Gasteiger partial charge in [0.2, 0.25) is 0 Å². The number of amidine groups is 1. The molecule has 2 fully saturated rings. The highest BCUT2D eigenvalue weighted by Gasteiger charge is 2.43. The Morgan fingerprint density at radius 2 is 1.90 bits per heavy atom. The third kappa shape index (κ3) is 9.25. The van der Waals surface area contributed by atoms with Crippen molar-refractivity contribution in [1.82, 2.24) is 20.1 Å². The number of carbonyl (C=O) groups is 3. The molecule has 0 bridgehead atoms. The van der Waals surface area contributed by atoms with E-state index in [0.717, 1.165) is 0 Å². The maximum atomic E-state index is 15.1. The number of aliphatic imine (C=N–C) groups is 1. The largest absolute Gasteiger partial charge is 0.481 e. The number of piperazine rings is 1. The molecule has 19 heteroatoms. The minimum Gasteiger partial charge on any atom is -0.481 e. The molecule has 3 N–H and O–H groups in total. The van der Waals surface area contributed by atoms with Crippen LogP contribution in [0.5, 0.6) is 0 Å². The van der Waals surface area contributed by atoms with Crippen molar-refractivity contribution < 1.29 is 46.0 Å². The molecule has 2 saturated heterocycles. The summed E-state index contributed by atoms with van der Waals surface area (Å²) in [6.45, 7) is 1.79. The number of methoxy groups -OCH3 is 1. The first-order valence-electron chi connectivity index (χ1n) is 15.4. The van der Waals surface area contributed by atoms with Gasteiger partial charge in [-0.1, -0.05) is 23.7 Å². The van der Waals surface area contributed by atoms with E-state index in [-0.39, 0.29) is 54.3 Å². The predicted molar refractivity (Wildman–Crippen MR) is 184 cm³/mol. The van der Waals surface area contributed by atoms with E-state index < -0.39 is 39.7 Å². The molecule has 6 rings (SSSR count). The molecule has 272 valence electrons. The zero-order valence-electron chi connectivity index (χ0n) is 27.3. The van der Waals surface area contributed by atoms with Gasteiger partial charge in [-0.3, -0.25) is 24.1 Å². The van der Waals surface area contributed by atoms with Gasteiger partial charge in [0, 0.05) is 67.0 Å². The number of carbonyl (C=O) groups excluding carboxylic acids is 2. The Hall–Kier alpha value is -4.49. The van der Waals surface area contributed by atoms with Crippen molar-refractivity contribution in [3.8, 4) is 0 Å². The molecule has 14 nitrogen and oxygen atoms in total. The first kappa shape index (κ1) is 37.8.